The van der Waals surface area contributed by atoms with E-state index >= 15 is 0 Å². The van der Waals surface area contributed by atoms with Crippen molar-refractivity contribution >= 4 is 23.6 Å². The van der Waals surface area contributed by atoms with E-state index in [9.17, 15) is 9.59 Å². The highest BCUT2D eigenvalue weighted by Crippen LogP contribution is 2.23. The molecular weight excluding hydrogens is 342 g/mol. The molecule has 1 amide bonds. The Balaban J connectivity index is 1.83. The zero-order valence-electron chi connectivity index (χ0n) is 15.9. The Morgan fingerprint density at radius 1 is 1.07 bits per heavy atom. The van der Waals surface area contributed by atoms with Crippen molar-refractivity contribution in [1.29, 1.82) is 0 Å². The lowest BCUT2D eigenvalue weighted by molar-refractivity contribution is -0.142. The van der Waals surface area contributed by atoms with E-state index in [1.54, 1.807) is 24.3 Å². The highest BCUT2D eigenvalue weighted by Gasteiger charge is 2.09. The molecule has 2 rings (SSSR count). The molecule has 5 heteroatoms. The van der Waals surface area contributed by atoms with E-state index in [2.05, 4.69) is 19.2 Å². The molecule has 0 radical (unpaired) electrons. The molecule has 0 aliphatic carbocycles. The first kappa shape index (κ1) is 20.2. The van der Waals surface area contributed by atoms with E-state index in [0.717, 1.165) is 5.56 Å². The molecule has 0 aliphatic heterocycles. The fourth-order valence-electron chi connectivity index (χ4n) is 2.38. The third kappa shape index (κ3) is 6.62. The number of nitrogens with one attached hydrogen (secondary N) is 1. The van der Waals surface area contributed by atoms with Gasteiger partial charge in [-0.15, -0.1) is 0 Å². The zero-order valence-corrected chi connectivity index (χ0v) is 15.9. The molecule has 0 atom stereocenters. The van der Waals surface area contributed by atoms with Gasteiger partial charge < -0.3 is 14.8 Å². The van der Waals surface area contributed by atoms with Crippen LogP contribution in [-0.4, -0.2) is 25.1 Å². The van der Waals surface area contributed by atoms with E-state index in [-0.39, 0.29) is 6.61 Å². The maximum Gasteiger partial charge on any atom is 0.331 e. The van der Waals surface area contributed by atoms with Crippen molar-refractivity contribution in [2.75, 3.05) is 18.5 Å². The molecule has 0 aromatic heterocycles. The SMILES string of the molecule is CCOc1ccccc1NC(=O)COC(=O)C=Cc1ccc(C(C)C)cc1. The van der Waals surface area contributed by atoms with Gasteiger partial charge in [0.2, 0.25) is 0 Å². The molecule has 27 heavy (non-hydrogen) atoms. The molecule has 2 aromatic rings. The van der Waals surface area contributed by atoms with Gasteiger partial charge in [0.1, 0.15) is 5.75 Å². The summed E-state index contributed by atoms with van der Waals surface area (Å²) in [6.45, 7) is 6.24. The van der Waals surface area contributed by atoms with Crippen LogP contribution in [0.25, 0.3) is 6.08 Å². The lowest BCUT2D eigenvalue weighted by atomic mass is 10.0. The Kier molecular flexibility index (Phi) is 7.62. The molecular formula is C22H25NO4. The van der Waals surface area contributed by atoms with Crippen LogP contribution in [0.3, 0.4) is 0 Å². The Bertz CT molecular complexity index is 794. The quantitative estimate of drug-likeness (QED) is 0.555. The summed E-state index contributed by atoms with van der Waals surface area (Å²) in [6.07, 6.45) is 2.97. The Hall–Kier alpha value is -3.08. The normalized spacial score (nSPS) is 10.8. The number of benzene rings is 2. The predicted molar refractivity (Wildman–Crippen MR) is 107 cm³/mol. The summed E-state index contributed by atoms with van der Waals surface area (Å²) >= 11 is 0. The van der Waals surface area contributed by atoms with Crippen LogP contribution in [0.15, 0.2) is 54.6 Å². The van der Waals surface area contributed by atoms with E-state index in [4.69, 9.17) is 9.47 Å². The summed E-state index contributed by atoms with van der Waals surface area (Å²) in [5.74, 6) is 0.0325. The van der Waals surface area contributed by atoms with Crippen LogP contribution in [0.1, 0.15) is 37.8 Å². The largest absolute Gasteiger partial charge is 0.492 e. The third-order valence-corrected chi connectivity index (χ3v) is 3.82. The summed E-state index contributed by atoms with van der Waals surface area (Å²) in [5, 5.41) is 2.68. The average Bonchev–Trinajstić information content (AvgIpc) is 2.67. The molecule has 0 spiro atoms. The smallest absolute Gasteiger partial charge is 0.331 e. The fraction of sp³-hybridized carbons (Fsp3) is 0.273. The maximum absolute atomic E-state index is 12.0. The van der Waals surface area contributed by atoms with Gasteiger partial charge in [-0.1, -0.05) is 50.2 Å². The summed E-state index contributed by atoms with van der Waals surface area (Å²) in [6, 6.07) is 15.0. The van der Waals surface area contributed by atoms with Gasteiger partial charge in [0.15, 0.2) is 6.61 Å². The highest BCUT2D eigenvalue weighted by molar-refractivity contribution is 5.95. The number of para-hydroxylation sites is 2. The van der Waals surface area contributed by atoms with Crippen molar-refractivity contribution in [2.24, 2.45) is 0 Å². The maximum atomic E-state index is 12.0. The summed E-state index contributed by atoms with van der Waals surface area (Å²) in [7, 11) is 0. The standard InChI is InChI=1S/C22H25NO4/c1-4-26-20-8-6-5-7-19(20)23-21(24)15-27-22(25)14-11-17-9-12-18(13-10-17)16(2)3/h5-14,16H,4,15H2,1-3H3,(H,23,24). The lowest BCUT2D eigenvalue weighted by Crippen LogP contribution is -2.20. The van der Waals surface area contributed by atoms with E-state index in [0.29, 0.717) is 24.0 Å². The highest BCUT2D eigenvalue weighted by atomic mass is 16.5. The van der Waals surface area contributed by atoms with Gasteiger partial charge in [-0.2, -0.15) is 0 Å². The molecule has 1 N–H and O–H groups in total. The minimum absolute atomic E-state index is 0.365. The minimum Gasteiger partial charge on any atom is -0.492 e. The van der Waals surface area contributed by atoms with Gasteiger partial charge in [0.05, 0.1) is 12.3 Å². The van der Waals surface area contributed by atoms with Crippen LogP contribution >= 0.6 is 0 Å². The molecule has 5 nitrogen and oxygen atoms in total. The number of ether oxygens (including phenoxy) is 2. The van der Waals surface area contributed by atoms with Crippen LogP contribution in [0, 0.1) is 0 Å². The number of anilines is 1. The Morgan fingerprint density at radius 3 is 2.44 bits per heavy atom. The number of hydrogen-bond acceptors (Lipinski definition) is 4. The molecule has 0 fully saturated rings. The van der Waals surface area contributed by atoms with Gasteiger partial charge in [0, 0.05) is 6.08 Å². The van der Waals surface area contributed by atoms with Crippen LogP contribution in [0.4, 0.5) is 5.69 Å². The van der Waals surface area contributed by atoms with E-state index < -0.39 is 11.9 Å². The van der Waals surface area contributed by atoms with Crippen molar-refractivity contribution in [3.63, 3.8) is 0 Å². The minimum atomic E-state index is -0.573. The monoisotopic (exact) mass is 367 g/mol. The third-order valence-electron chi connectivity index (χ3n) is 3.82. The second-order valence-electron chi connectivity index (χ2n) is 6.24. The van der Waals surface area contributed by atoms with E-state index in [1.165, 1.54) is 11.6 Å². The molecule has 0 unspecified atom stereocenters. The number of rotatable bonds is 8. The van der Waals surface area contributed by atoms with Gasteiger partial charge in [-0.25, -0.2) is 4.79 Å². The number of hydrogen-bond donors (Lipinski definition) is 1. The number of amides is 1. The summed E-state index contributed by atoms with van der Waals surface area (Å²) in [5.41, 5.74) is 2.67. The fourth-order valence-corrected chi connectivity index (χ4v) is 2.38. The number of carbonyl (C=O) groups excluding carboxylic acids is 2. The van der Waals surface area contributed by atoms with Crippen molar-refractivity contribution < 1.29 is 19.1 Å². The molecule has 142 valence electrons. The second kappa shape index (κ2) is 10.2. The molecule has 0 saturated heterocycles. The molecule has 0 aliphatic rings. The first-order chi connectivity index (χ1) is 13.0. The molecule has 0 saturated carbocycles. The second-order valence-corrected chi connectivity index (χ2v) is 6.24. The van der Waals surface area contributed by atoms with E-state index in [1.807, 2.05) is 37.3 Å². The van der Waals surface area contributed by atoms with Gasteiger partial charge in [0.25, 0.3) is 5.91 Å². The molecule has 2 aromatic carbocycles. The topological polar surface area (TPSA) is 64.6 Å². The number of carbonyl (C=O) groups is 2. The molecule has 0 heterocycles. The average molecular weight is 367 g/mol. The Morgan fingerprint density at radius 2 is 1.78 bits per heavy atom. The predicted octanol–water partition coefficient (Wildman–Crippen LogP) is 4.40. The lowest BCUT2D eigenvalue weighted by Gasteiger charge is -2.11. The summed E-state index contributed by atoms with van der Waals surface area (Å²) in [4.78, 5) is 23.8. The van der Waals surface area contributed by atoms with Crippen LogP contribution in [0.2, 0.25) is 0 Å². The van der Waals surface area contributed by atoms with Crippen molar-refractivity contribution in [1.82, 2.24) is 0 Å². The van der Waals surface area contributed by atoms with Crippen molar-refractivity contribution in [3.05, 3.63) is 65.7 Å². The van der Waals surface area contributed by atoms with Crippen molar-refractivity contribution in [3.8, 4) is 5.75 Å². The van der Waals surface area contributed by atoms with Gasteiger partial charge in [-0.3, -0.25) is 4.79 Å². The molecule has 0 bridgehead atoms. The number of esters is 1. The van der Waals surface area contributed by atoms with Crippen LogP contribution in [0.5, 0.6) is 5.75 Å². The zero-order chi connectivity index (χ0) is 19.6. The van der Waals surface area contributed by atoms with Crippen LogP contribution in [-0.2, 0) is 14.3 Å². The van der Waals surface area contributed by atoms with Gasteiger partial charge in [-0.05, 0) is 42.2 Å². The van der Waals surface area contributed by atoms with Gasteiger partial charge >= 0.3 is 5.97 Å². The Labute approximate surface area is 160 Å². The first-order valence-electron chi connectivity index (χ1n) is 8.96. The van der Waals surface area contributed by atoms with Crippen molar-refractivity contribution in [2.45, 2.75) is 26.7 Å². The summed E-state index contributed by atoms with van der Waals surface area (Å²) < 4.78 is 10.4. The first-order valence-corrected chi connectivity index (χ1v) is 8.96. The van der Waals surface area contributed by atoms with Crippen LogP contribution < -0.4 is 10.1 Å².